The Hall–Kier alpha value is -2.74. The zero-order valence-electron chi connectivity index (χ0n) is 14.2. The Kier molecular flexibility index (Phi) is 6.64. The van der Waals surface area contributed by atoms with Gasteiger partial charge in [-0.15, -0.1) is 0 Å². The van der Waals surface area contributed by atoms with Crippen LogP contribution in [0.5, 0.6) is 0 Å². The summed E-state index contributed by atoms with van der Waals surface area (Å²) in [6, 6.07) is 5.99. The number of benzene rings is 1. The minimum Gasteiger partial charge on any atom is -0.351 e. The SMILES string of the molecule is CC(=O)N1CCN(CCNC(=O)C=Cc2ccc([N+](=O)[O-])cc2)CC1. The molecule has 1 saturated heterocycles. The number of nitrogens with zero attached hydrogens (tertiary/aromatic N) is 3. The van der Waals surface area contributed by atoms with Gasteiger partial charge in [0.25, 0.3) is 5.69 Å². The van der Waals surface area contributed by atoms with Crippen LogP contribution < -0.4 is 5.32 Å². The topological polar surface area (TPSA) is 95.8 Å². The number of non-ortho nitro benzene ring substituents is 1. The average Bonchev–Trinajstić information content (AvgIpc) is 2.60. The molecule has 2 amide bonds. The highest BCUT2D eigenvalue weighted by molar-refractivity contribution is 5.91. The zero-order chi connectivity index (χ0) is 18.2. The summed E-state index contributed by atoms with van der Waals surface area (Å²) in [4.78, 5) is 37.2. The van der Waals surface area contributed by atoms with Crippen molar-refractivity contribution in [3.8, 4) is 0 Å². The molecule has 0 atom stereocenters. The van der Waals surface area contributed by atoms with Crippen LogP contribution in [0.3, 0.4) is 0 Å². The van der Waals surface area contributed by atoms with E-state index in [9.17, 15) is 19.7 Å². The Balaban J connectivity index is 1.68. The predicted octanol–water partition coefficient (Wildman–Crippen LogP) is 0.888. The van der Waals surface area contributed by atoms with Gasteiger partial charge in [0.05, 0.1) is 4.92 Å². The summed E-state index contributed by atoms with van der Waals surface area (Å²) in [5, 5.41) is 13.4. The number of rotatable bonds is 6. The Morgan fingerprint density at radius 3 is 2.40 bits per heavy atom. The minimum absolute atomic E-state index is 0.0199. The molecule has 1 aliphatic rings. The van der Waals surface area contributed by atoms with Crippen molar-refractivity contribution in [2.75, 3.05) is 39.3 Å². The summed E-state index contributed by atoms with van der Waals surface area (Å²) in [5.74, 6) is -0.106. The van der Waals surface area contributed by atoms with Gasteiger partial charge in [-0.05, 0) is 23.8 Å². The molecular weight excluding hydrogens is 324 g/mol. The second-order valence-corrected chi connectivity index (χ2v) is 5.82. The Labute approximate surface area is 146 Å². The number of carbonyl (C=O) groups is 2. The van der Waals surface area contributed by atoms with E-state index in [-0.39, 0.29) is 17.5 Å². The molecule has 1 heterocycles. The molecule has 8 nitrogen and oxygen atoms in total. The lowest BCUT2D eigenvalue weighted by molar-refractivity contribution is -0.384. The molecule has 0 bridgehead atoms. The molecule has 1 aliphatic heterocycles. The molecule has 1 aromatic carbocycles. The molecule has 0 aromatic heterocycles. The molecule has 0 saturated carbocycles. The first kappa shape index (κ1) is 18.6. The molecule has 0 aliphatic carbocycles. The fourth-order valence-electron chi connectivity index (χ4n) is 2.56. The van der Waals surface area contributed by atoms with Crippen molar-refractivity contribution in [3.05, 3.63) is 46.0 Å². The number of hydrogen-bond donors (Lipinski definition) is 1. The maximum Gasteiger partial charge on any atom is 0.269 e. The number of carbonyl (C=O) groups excluding carboxylic acids is 2. The van der Waals surface area contributed by atoms with Crippen LogP contribution in [-0.4, -0.2) is 65.8 Å². The molecule has 0 radical (unpaired) electrons. The summed E-state index contributed by atoms with van der Waals surface area (Å²) in [5.41, 5.74) is 0.743. The molecule has 1 fully saturated rings. The van der Waals surface area contributed by atoms with Gasteiger partial charge in [0, 0.05) is 64.4 Å². The molecule has 1 aromatic rings. The normalized spacial score (nSPS) is 15.3. The van der Waals surface area contributed by atoms with E-state index in [1.807, 2.05) is 4.90 Å². The van der Waals surface area contributed by atoms with E-state index in [1.165, 1.54) is 18.2 Å². The van der Waals surface area contributed by atoms with Crippen LogP contribution in [0, 0.1) is 10.1 Å². The number of nitro groups is 1. The Morgan fingerprint density at radius 1 is 1.20 bits per heavy atom. The largest absolute Gasteiger partial charge is 0.351 e. The molecule has 134 valence electrons. The number of hydrogen-bond acceptors (Lipinski definition) is 5. The van der Waals surface area contributed by atoms with Crippen LogP contribution in [0.25, 0.3) is 6.08 Å². The van der Waals surface area contributed by atoms with E-state index < -0.39 is 4.92 Å². The lowest BCUT2D eigenvalue weighted by Gasteiger charge is -2.34. The Morgan fingerprint density at radius 2 is 1.84 bits per heavy atom. The second-order valence-electron chi connectivity index (χ2n) is 5.82. The maximum absolute atomic E-state index is 11.8. The van der Waals surface area contributed by atoms with Crippen LogP contribution in [0.15, 0.2) is 30.3 Å². The third kappa shape index (κ3) is 6.00. The fourth-order valence-corrected chi connectivity index (χ4v) is 2.56. The van der Waals surface area contributed by atoms with E-state index in [4.69, 9.17) is 0 Å². The van der Waals surface area contributed by atoms with Gasteiger partial charge in [-0.25, -0.2) is 0 Å². The number of amides is 2. The third-order valence-electron chi connectivity index (χ3n) is 4.08. The summed E-state index contributed by atoms with van der Waals surface area (Å²) in [7, 11) is 0. The highest BCUT2D eigenvalue weighted by atomic mass is 16.6. The lowest BCUT2D eigenvalue weighted by Crippen LogP contribution is -2.49. The smallest absolute Gasteiger partial charge is 0.269 e. The number of piperazine rings is 1. The van der Waals surface area contributed by atoms with Crippen molar-refractivity contribution in [1.29, 1.82) is 0 Å². The van der Waals surface area contributed by atoms with E-state index in [0.29, 0.717) is 6.54 Å². The number of nitrogens with one attached hydrogen (secondary N) is 1. The summed E-state index contributed by atoms with van der Waals surface area (Å²) in [6.07, 6.45) is 3.03. The van der Waals surface area contributed by atoms with Crippen molar-refractivity contribution in [3.63, 3.8) is 0 Å². The Bertz CT molecular complexity index is 649. The molecule has 1 N–H and O–H groups in total. The lowest BCUT2D eigenvalue weighted by atomic mass is 10.2. The molecule has 0 spiro atoms. The first-order valence-electron chi connectivity index (χ1n) is 8.14. The minimum atomic E-state index is -0.462. The van der Waals surface area contributed by atoms with Gasteiger partial charge < -0.3 is 10.2 Å². The van der Waals surface area contributed by atoms with E-state index >= 15 is 0 Å². The van der Waals surface area contributed by atoms with Crippen LogP contribution >= 0.6 is 0 Å². The van der Waals surface area contributed by atoms with E-state index in [0.717, 1.165) is 38.3 Å². The molecular formula is C17H22N4O4. The van der Waals surface area contributed by atoms with Crippen LogP contribution in [0.1, 0.15) is 12.5 Å². The van der Waals surface area contributed by atoms with Crippen molar-refractivity contribution in [2.45, 2.75) is 6.92 Å². The quantitative estimate of drug-likeness (QED) is 0.469. The van der Waals surface area contributed by atoms with E-state index in [2.05, 4.69) is 10.2 Å². The van der Waals surface area contributed by atoms with Crippen LogP contribution in [-0.2, 0) is 9.59 Å². The van der Waals surface area contributed by atoms with Gasteiger partial charge in [-0.1, -0.05) is 0 Å². The molecule has 25 heavy (non-hydrogen) atoms. The molecule has 0 unspecified atom stereocenters. The van der Waals surface area contributed by atoms with Crippen LogP contribution in [0.2, 0.25) is 0 Å². The first-order valence-corrected chi connectivity index (χ1v) is 8.14. The van der Waals surface area contributed by atoms with Gasteiger partial charge in [-0.3, -0.25) is 24.6 Å². The fraction of sp³-hybridized carbons (Fsp3) is 0.412. The summed E-state index contributed by atoms with van der Waals surface area (Å²) >= 11 is 0. The highest BCUT2D eigenvalue weighted by Crippen LogP contribution is 2.12. The van der Waals surface area contributed by atoms with Crippen molar-refractivity contribution < 1.29 is 14.5 Å². The second kappa shape index (κ2) is 8.93. The van der Waals surface area contributed by atoms with Crippen molar-refractivity contribution in [1.82, 2.24) is 15.1 Å². The van der Waals surface area contributed by atoms with Crippen molar-refractivity contribution in [2.24, 2.45) is 0 Å². The third-order valence-corrected chi connectivity index (χ3v) is 4.08. The monoisotopic (exact) mass is 346 g/mol. The molecule has 8 heteroatoms. The van der Waals surface area contributed by atoms with Gasteiger partial charge in [0.2, 0.25) is 11.8 Å². The maximum atomic E-state index is 11.8. The van der Waals surface area contributed by atoms with Crippen molar-refractivity contribution >= 4 is 23.6 Å². The molecule has 2 rings (SSSR count). The average molecular weight is 346 g/mol. The van der Waals surface area contributed by atoms with Gasteiger partial charge in [0.1, 0.15) is 0 Å². The predicted molar refractivity (Wildman–Crippen MR) is 93.8 cm³/mol. The summed E-state index contributed by atoms with van der Waals surface area (Å²) < 4.78 is 0. The van der Waals surface area contributed by atoms with Gasteiger partial charge in [-0.2, -0.15) is 0 Å². The van der Waals surface area contributed by atoms with Gasteiger partial charge >= 0.3 is 0 Å². The van der Waals surface area contributed by atoms with E-state index in [1.54, 1.807) is 25.1 Å². The first-order chi connectivity index (χ1) is 12.0. The number of nitro benzene ring substituents is 1. The highest BCUT2D eigenvalue weighted by Gasteiger charge is 2.17. The van der Waals surface area contributed by atoms with Gasteiger partial charge in [0.15, 0.2) is 0 Å². The van der Waals surface area contributed by atoms with Crippen LogP contribution in [0.4, 0.5) is 5.69 Å². The zero-order valence-corrected chi connectivity index (χ0v) is 14.2. The summed E-state index contributed by atoms with van der Waals surface area (Å²) in [6.45, 7) is 5.92. The standard InChI is InChI=1S/C17H22N4O4/c1-14(22)20-12-10-19(11-13-20)9-8-18-17(23)7-4-15-2-5-16(6-3-15)21(24)25/h2-7H,8-13H2,1H3,(H,18,23).